The molecule has 2 heterocycles. The summed E-state index contributed by atoms with van der Waals surface area (Å²) in [6, 6.07) is 9.16. The minimum absolute atomic E-state index is 0.0459. The minimum Gasteiger partial charge on any atom is -0.329 e. The smallest absolute Gasteiger partial charge is 0.317 e. The highest BCUT2D eigenvalue weighted by Gasteiger charge is 2.25. The Morgan fingerprint density at radius 1 is 1.28 bits per heavy atom. The fourth-order valence-corrected chi connectivity index (χ4v) is 2.98. The Hall–Kier alpha value is -2.83. The molecule has 1 fully saturated rings. The molecule has 25 heavy (non-hydrogen) atoms. The fourth-order valence-electron chi connectivity index (χ4n) is 2.98. The summed E-state index contributed by atoms with van der Waals surface area (Å²) in [5.74, 6) is -0.240. The van der Waals surface area contributed by atoms with Crippen molar-refractivity contribution >= 4 is 17.6 Å². The van der Waals surface area contributed by atoms with Gasteiger partial charge in [-0.05, 0) is 37.5 Å². The maximum Gasteiger partial charge on any atom is 0.317 e. The molecule has 3 rings (SSSR count). The van der Waals surface area contributed by atoms with E-state index in [4.69, 9.17) is 0 Å². The molecule has 7 heteroatoms. The quantitative estimate of drug-likeness (QED) is 0.894. The zero-order valence-electron chi connectivity index (χ0n) is 14.3. The van der Waals surface area contributed by atoms with Crippen LogP contribution in [0.4, 0.5) is 10.5 Å². The van der Waals surface area contributed by atoms with Crippen molar-refractivity contribution < 1.29 is 9.59 Å². The van der Waals surface area contributed by atoms with Crippen molar-refractivity contribution in [3.05, 3.63) is 48.3 Å². The second kappa shape index (κ2) is 7.83. The van der Waals surface area contributed by atoms with Gasteiger partial charge in [0.15, 0.2) is 0 Å². The molecule has 1 atom stereocenters. The molecular weight excluding hydrogens is 318 g/mol. The van der Waals surface area contributed by atoms with Gasteiger partial charge in [0.2, 0.25) is 5.91 Å². The van der Waals surface area contributed by atoms with Gasteiger partial charge in [-0.3, -0.25) is 9.48 Å². The van der Waals surface area contributed by atoms with Crippen molar-refractivity contribution in [3.63, 3.8) is 0 Å². The minimum atomic E-state index is -0.240. The van der Waals surface area contributed by atoms with E-state index in [1.165, 1.54) is 0 Å². The molecule has 1 aliphatic heterocycles. The van der Waals surface area contributed by atoms with Gasteiger partial charge in [-0.1, -0.05) is 18.2 Å². The van der Waals surface area contributed by atoms with Crippen molar-refractivity contribution in [2.45, 2.75) is 25.8 Å². The number of anilines is 1. The molecule has 0 bridgehead atoms. The number of rotatable bonds is 4. The number of hydrogen-bond acceptors (Lipinski definition) is 3. The zero-order chi connectivity index (χ0) is 17.6. The molecule has 0 unspecified atom stereocenters. The number of hydrogen-bond donors (Lipinski definition) is 2. The summed E-state index contributed by atoms with van der Waals surface area (Å²) in [6.07, 6.45) is 5.75. The highest BCUT2D eigenvalue weighted by molar-refractivity contribution is 5.94. The number of benzene rings is 1. The van der Waals surface area contributed by atoms with Gasteiger partial charge < -0.3 is 15.5 Å². The van der Waals surface area contributed by atoms with Gasteiger partial charge in [0.25, 0.3) is 0 Å². The molecule has 2 aromatic rings. The maximum absolute atomic E-state index is 12.3. The molecule has 1 aromatic carbocycles. The first-order valence-corrected chi connectivity index (χ1v) is 8.50. The third kappa shape index (κ3) is 4.59. The van der Waals surface area contributed by atoms with Crippen molar-refractivity contribution in [2.75, 3.05) is 25.0 Å². The molecule has 1 aliphatic rings. The number of urea groups is 1. The lowest BCUT2D eigenvalue weighted by Gasteiger charge is -2.32. The maximum atomic E-state index is 12.3. The fraction of sp³-hybridized carbons (Fsp3) is 0.389. The van der Waals surface area contributed by atoms with Crippen molar-refractivity contribution in [3.8, 4) is 0 Å². The second-order valence-electron chi connectivity index (χ2n) is 6.31. The van der Waals surface area contributed by atoms with Crippen LogP contribution in [0.2, 0.25) is 0 Å². The van der Waals surface area contributed by atoms with Crippen molar-refractivity contribution in [1.29, 1.82) is 0 Å². The Morgan fingerprint density at radius 2 is 2.08 bits per heavy atom. The Kier molecular flexibility index (Phi) is 5.33. The Balaban J connectivity index is 1.48. The number of carbonyl (C=O) groups excluding carboxylic acids is 2. The number of aryl methyl sites for hydroxylation is 1. The first-order chi connectivity index (χ1) is 12.1. The second-order valence-corrected chi connectivity index (χ2v) is 6.31. The van der Waals surface area contributed by atoms with Gasteiger partial charge in [0, 0.05) is 25.0 Å². The van der Waals surface area contributed by atoms with Crippen LogP contribution in [0.1, 0.15) is 24.4 Å². The molecule has 3 amide bonds. The Bertz CT molecular complexity index is 728. The molecule has 0 spiro atoms. The highest BCUT2D eigenvalue weighted by Crippen LogP contribution is 2.21. The van der Waals surface area contributed by atoms with Crippen molar-refractivity contribution in [2.24, 2.45) is 0 Å². The number of carbonyl (C=O) groups is 2. The summed E-state index contributed by atoms with van der Waals surface area (Å²) >= 11 is 0. The lowest BCUT2D eigenvalue weighted by atomic mass is 10.1. The predicted molar refractivity (Wildman–Crippen MR) is 95.3 cm³/mol. The van der Waals surface area contributed by atoms with E-state index in [0.29, 0.717) is 18.8 Å². The van der Waals surface area contributed by atoms with E-state index in [9.17, 15) is 9.59 Å². The summed E-state index contributed by atoms with van der Waals surface area (Å²) in [4.78, 5) is 26.0. The van der Waals surface area contributed by atoms with Crippen LogP contribution in [-0.2, 0) is 4.79 Å². The van der Waals surface area contributed by atoms with E-state index in [1.54, 1.807) is 17.0 Å². The molecule has 0 radical (unpaired) electrons. The average Bonchev–Trinajstić information content (AvgIpc) is 3.07. The van der Waals surface area contributed by atoms with Crippen LogP contribution in [0.25, 0.3) is 0 Å². The van der Waals surface area contributed by atoms with Crippen LogP contribution in [0.5, 0.6) is 0 Å². The van der Waals surface area contributed by atoms with E-state index in [1.807, 2.05) is 42.2 Å². The molecule has 132 valence electrons. The van der Waals surface area contributed by atoms with Gasteiger partial charge in [0.05, 0.1) is 18.8 Å². The molecule has 0 saturated carbocycles. The standard InChI is InChI=1S/C18H23N5O2/c1-14-10-20-23(12-14)16-8-5-9-22(13-16)18(25)19-11-17(24)21-15-6-3-2-4-7-15/h2-4,6-7,10,12,16H,5,8-9,11,13H2,1H3,(H,19,25)(H,21,24)/t16-/m0/s1. The number of para-hydroxylation sites is 1. The van der Waals surface area contributed by atoms with Gasteiger partial charge in [-0.25, -0.2) is 4.79 Å². The molecule has 1 aromatic heterocycles. The number of likely N-dealkylation sites (tertiary alicyclic amines) is 1. The summed E-state index contributed by atoms with van der Waals surface area (Å²) < 4.78 is 1.93. The van der Waals surface area contributed by atoms with Gasteiger partial charge in [-0.15, -0.1) is 0 Å². The van der Waals surface area contributed by atoms with E-state index in [-0.39, 0.29) is 24.5 Å². The normalized spacial score (nSPS) is 17.2. The number of aromatic nitrogens is 2. The van der Waals surface area contributed by atoms with Crippen molar-refractivity contribution in [1.82, 2.24) is 20.0 Å². The Morgan fingerprint density at radius 3 is 2.80 bits per heavy atom. The predicted octanol–water partition coefficient (Wildman–Crippen LogP) is 2.18. The molecule has 1 saturated heterocycles. The summed E-state index contributed by atoms with van der Waals surface area (Å²) in [5.41, 5.74) is 1.83. The Labute approximate surface area is 147 Å². The first-order valence-electron chi connectivity index (χ1n) is 8.50. The number of amides is 3. The van der Waals surface area contributed by atoms with Crippen LogP contribution in [0.3, 0.4) is 0 Å². The topological polar surface area (TPSA) is 79.3 Å². The summed E-state index contributed by atoms with van der Waals surface area (Å²) in [6.45, 7) is 3.26. The third-order valence-corrected chi connectivity index (χ3v) is 4.25. The lowest BCUT2D eigenvalue weighted by Crippen LogP contribution is -2.47. The molecule has 2 N–H and O–H groups in total. The highest BCUT2D eigenvalue weighted by atomic mass is 16.2. The van der Waals surface area contributed by atoms with Crippen LogP contribution in [0.15, 0.2) is 42.7 Å². The molecule has 0 aliphatic carbocycles. The SMILES string of the molecule is Cc1cnn([C@H]2CCCN(C(=O)NCC(=O)Nc3ccccc3)C2)c1. The van der Waals surface area contributed by atoms with Crippen LogP contribution in [-0.4, -0.2) is 46.3 Å². The van der Waals surface area contributed by atoms with E-state index in [2.05, 4.69) is 15.7 Å². The van der Waals surface area contributed by atoms with Crippen LogP contribution < -0.4 is 10.6 Å². The largest absolute Gasteiger partial charge is 0.329 e. The number of nitrogens with zero attached hydrogens (tertiary/aromatic N) is 3. The lowest BCUT2D eigenvalue weighted by molar-refractivity contribution is -0.115. The number of nitrogens with one attached hydrogen (secondary N) is 2. The van der Waals surface area contributed by atoms with Crippen LogP contribution >= 0.6 is 0 Å². The van der Waals surface area contributed by atoms with Gasteiger partial charge in [-0.2, -0.15) is 5.10 Å². The van der Waals surface area contributed by atoms with Gasteiger partial charge >= 0.3 is 6.03 Å². The van der Waals surface area contributed by atoms with E-state index in [0.717, 1.165) is 18.4 Å². The third-order valence-electron chi connectivity index (χ3n) is 4.25. The summed E-state index contributed by atoms with van der Waals surface area (Å²) in [7, 11) is 0. The molecular formula is C18H23N5O2. The van der Waals surface area contributed by atoms with Gasteiger partial charge in [0.1, 0.15) is 0 Å². The number of piperidine rings is 1. The van der Waals surface area contributed by atoms with Crippen LogP contribution in [0, 0.1) is 6.92 Å². The van der Waals surface area contributed by atoms with E-state index >= 15 is 0 Å². The van der Waals surface area contributed by atoms with E-state index < -0.39 is 0 Å². The average molecular weight is 341 g/mol. The summed E-state index contributed by atoms with van der Waals surface area (Å²) in [5, 5.41) is 9.79. The monoisotopic (exact) mass is 341 g/mol. The zero-order valence-corrected chi connectivity index (χ0v) is 14.3. The first kappa shape index (κ1) is 17.0. The molecule has 7 nitrogen and oxygen atoms in total.